The number of hydrogen-bond acceptors (Lipinski definition) is 3. The second-order valence-corrected chi connectivity index (χ2v) is 5.78. The minimum Gasteiger partial charge on any atom is -0.381 e. The van der Waals surface area contributed by atoms with Gasteiger partial charge in [-0.25, -0.2) is 0 Å². The van der Waals surface area contributed by atoms with Gasteiger partial charge in [0.15, 0.2) is 0 Å². The topological polar surface area (TPSA) is 55.4 Å². The summed E-state index contributed by atoms with van der Waals surface area (Å²) < 4.78 is 5.49. The summed E-state index contributed by atoms with van der Waals surface area (Å²) in [4.78, 5) is 23.8. The Bertz CT molecular complexity index is 341. The molecule has 94 valence electrons. The van der Waals surface area contributed by atoms with Gasteiger partial charge in [-0.2, -0.15) is 0 Å². The maximum atomic E-state index is 12.2. The van der Waals surface area contributed by atoms with Crippen LogP contribution >= 0.6 is 0 Å². The van der Waals surface area contributed by atoms with E-state index in [4.69, 9.17) is 4.74 Å². The van der Waals surface area contributed by atoms with Crippen molar-refractivity contribution in [1.82, 2.24) is 5.32 Å². The molecule has 2 saturated heterocycles. The van der Waals surface area contributed by atoms with Crippen LogP contribution in [0.2, 0.25) is 0 Å². The molecule has 2 unspecified atom stereocenters. The van der Waals surface area contributed by atoms with Gasteiger partial charge in [0.05, 0.1) is 6.61 Å². The molecule has 0 aromatic rings. The third-order valence-corrected chi connectivity index (χ3v) is 4.72. The molecule has 17 heavy (non-hydrogen) atoms. The first kappa shape index (κ1) is 11.2. The first-order valence-electron chi connectivity index (χ1n) is 6.63. The Morgan fingerprint density at radius 3 is 2.65 bits per heavy atom. The minimum atomic E-state index is -0.186. The van der Waals surface area contributed by atoms with Gasteiger partial charge < -0.3 is 4.74 Å². The summed E-state index contributed by atoms with van der Waals surface area (Å²) in [6.07, 6.45) is 6.05. The lowest BCUT2D eigenvalue weighted by Crippen LogP contribution is -2.54. The number of rotatable bonds is 1. The fourth-order valence-corrected chi connectivity index (χ4v) is 3.98. The molecule has 0 aromatic carbocycles. The summed E-state index contributed by atoms with van der Waals surface area (Å²) in [7, 11) is 0. The summed E-state index contributed by atoms with van der Waals surface area (Å²) in [5.74, 6) is 0.309. The number of carbonyl (C=O) groups is 2. The third-order valence-electron chi connectivity index (χ3n) is 4.72. The monoisotopic (exact) mass is 237 g/mol. The molecule has 1 spiro atoms. The van der Waals surface area contributed by atoms with Gasteiger partial charge >= 0.3 is 0 Å². The number of carbonyl (C=O) groups excluding carboxylic acids is 2. The van der Waals surface area contributed by atoms with Crippen LogP contribution in [0.25, 0.3) is 0 Å². The lowest BCUT2D eigenvalue weighted by atomic mass is 9.64. The number of nitrogens with one attached hydrogen (secondary N) is 1. The molecule has 2 amide bonds. The summed E-state index contributed by atoms with van der Waals surface area (Å²) >= 11 is 0. The molecule has 0 bridgehead atoms. The molecule has 4 nitrogen and oxygen atoms in total. The Kier molecular flexibility index (Phi) is 2.69. The van der Waals surface area contributed by atoms with Crippen LogP contribution in [0.5, 0.6) is 0 Å². The van der Waals surface area contributed by atoms with Gasteiger partial charge in [0.2, 0.25) is 11.8 Å². The van der Waals surface area contributed by atoms with Gasteiger partial charge in [0.1, 0.15) is 0 Å². The molecular weight excluding hydrogens is 218 g/mol. The highest BCUT2D eigenvalue weighted by molar-refractivity contribution is 6.00. The van der Waals surface area contributed by atoms with Crippen LogP contribution in [-0.4, -0.2) is 25.0 Å². The molecule has 1 N–H and O–H groups in total. The molecule has 0 radical (unpaired) electrons. The minimum absolute atomic E-state index is 0.00481. The number of amides is 2. The second-order valence-electron chi connectivity index (χ2n) is 5.78. The van der Waals surface area contributed by atoms with Crippen molar-refractivity contribution in [3.63, 3.8) is 0 Å². The summed E-state index contributed by atoms with van der Waals surface area (Å²) in [5.41, 5.74) is -0.186. The van der Waals surface area contributed by atoms with Crippen LogP contribution in [0.4, 0.5) is 0 Å². The number of imide groups is 1. The van der Waals surface area contributed by atoms with Crippen LogP contribution in [0.3, 0.4) is 0 Å². The molecule has 0 aromatic heterocycles. The molecule has 2 aliphatic heterocycles. The van der Waals surface area contributed by atoms with Crippen molar-refractivity contribution in [3.8, 4) is 0 Å². The zero-order chi connectivity index (χ0) is 11.9. The molecule has 3 rings (SSSR count). The quantitative estimate of drug-likeness (QED) is 0.698. The molecular formula is C13H19NO3. The van der Waals surface area contributed by atoms with E-state index in [1.54, 1.807) is 0 Å². The van der Waals surface area contributed by atoms with E-state index in [1.165, 1.54) is 12.8 Å². The van der Waals surface area contributed by atoms with Crippen LogP contribution in [0, 0.1) is 17.3 Å². The lowest BCUT2D eigenvalue weighted by Gasteiger charge is -2.41. The van der Waals surface area contributed by atoms with Gasteiger partial charge in [-0.3, -0.25) is 14.9 Å². The van der Waals surface area contributed by atoms with E-state index in [1.807, 2.05) is 0 Å². The highest BCUT2D eigenvalue weighted by Gasteiger charge is 2.53. The molecule has 4 heteroatoms. The van der Waals surface area contributed by atoms with Crippen molar-refractivity contribution in [2.24, 2.45) is 17.3 Å². The van der Waals surface area contributed by atoms with Gasteiger partial charge in [0.25, 0.3) is 0 Å². The van der Waals surface area contributed by atoms with E-state index in [2.05, 4.69) is 5.32 Å². The van der Waals surface area contributed by atoms with E-state index >= 15 is 0 Å². The Balaban J connectivity index is 1.90. The maximum absolute atomic E-state index is 12.2. The van der Waals surface area contributed by atoms with Crippen molar-refractivity contribution in [2.75, 3.05) is 13.2 Å². The zero-order valence-electron chi connectivity index (χ0n) is 10.0. The first-order chi connectivity index (χ1) is 8.21. The smallest absolute Gasteiger partial charge is 0.230 e. The van der Waals surface area contributed by atoms with Crippen LogP contribution in [-0.2, 0) is 14.3 Å². The number of piperidine rings is 1. The largest absolute Gasteiger partial charge is 0.381 e. The van der Waals surface area contributed by atoms with Crippen molar-refractivity contribution >= 4 is 11.8 Å². The Hall–Kier alpha value is -0.900. The van der Waals surface area contributed by atoms with Gasteiger partial charge in [0, 0.05) is 24.4 Å². The predicted octanol–water partition coefficient (Wildman–Crippen LogP) is 1.25. The highest BCUT2D eigenvalue weighted by atomic mass is 16.5. The zero-order valence-corrected chi connectivity index (χ0v) is 10.0. The van der Waals surface area contributed by atoms with E-state index < -0.39 is 0 Å². The highest BCUT2D eigenvalue weighted by Crippen LogP contribution is 2.49. The molecule has 2 heterocycles. The normalized spacial score (nSPS) is 38.9. The van der Waals surface area contributed by atoms with Gasteiger partial charge in [-0.15, -0.1) is 0 Å². The number of hydrogen-bond donors (Lipinski definition) is 1. The predicted molar refractivity (Wildman–Crippen MR) is 61.1 cm³/mol. The van der Waals surface area contributed by atoms with Gasteiger partial charge in [-0.05, 0) is 25.2 Å². The average Bonchev–Trinajstić information content (AvgIpc) is 2.89. The van der Waals surface area contributed by atoms with Crippen LogP contribution in [0.1, 0.15) is 38.5 Å². The number of ether oxygens (including phenoxy) is 1. The summed E-state index contributed by atoms with van der Waals surface area (Å²) in [6, 6.07) is 0. The van der Waals surface area contributed by atoms with Crippen molar-refractivity contribution in [3.05, 3.63) is 0 Å². The fourth-order valence-electron chi connectivity index (χ4n) is 3.98. The van der Waals surface area contributed by atoms with E-state index in [9.17, 15) is 9.59 Å². The average molecular weight is 237 g/mol. The standard InChI is InChI=1S/C13H19NO3/c15-10-7-13(5-6-17-8-13)11(12(16)14-10)9-3-1-2-4-9/h9,11H,1-8H2,(H,14,15,16). The van der Waals surface area contributed by atoms with E-state index in [-0.39, 0.29) is 23.1 Å². The van der Waals surface area contributed by atoms with Crippen LogP contribution < -0.4 is 5.32 Å². The lowest BCUT2D eigenvalue weighted by molar-refractivity contribution is -0.146. The van der Waals surface area contributed by atoms with E-state index in [0.29, 0.717) is 25.6 Å². The summed E-state index contributed by atoms with van der Waals surface area (Å²) in [5, 5.41) is 2.52. The third kappa shape index (κ3) is 1.79. The second kappa shape index (κ2) is 4.09. The maximum Gasteiger partial charge on any atom is 0.230 e. The Labute approximate surface area is 101 Å². The Morgan fingerprint density at radius 2 is 2.00 bits per heavy atom. The van der Waals surface area contributed by atoms with Gasteiger partial charge in [-0.1, -0.05) is 12.8 Å². The molecule has 1 aliphatic carbocycles. The fraction of sp³-hybridized carbons (Fsp3) is 0.846. The SMILES string of the molecule is O=C1CC2(CCOC2)C(C2CCCC2)C(=O)N1. The van der Waals surface area contributed by atoms with Crippen molar-refractivity contribution in [1.29, 1.82) is 0 Å². The summed E-state index contributed by atoms with van der Waals surface area (Å²) in [6.45, 7) is 1.29. The van der Waals surface area contributed by atoms with Crippen molar-refractivity contribution in [2.45, 2.75) is 38.5 Å². The molecule has 1 saturated carbocycles. The van der Waals surface area contributed by atoms with Crippen LogP contribution in [0.15, 0.2) is 0 Å². The molecule has 3 aliphatic rings. The van der Waals surface area contributed by atoms with Crippen molar-refractivity contribution < 1.29 is 14.3 Å². The molecule has 3 fully saturated rings. The molecule has 2 atom stereocenters. The van der Waals surface area contributed by atoms with E-state index in [0.717, 1.165) is 19.3 Å². The first-order valence-corrected chi connectivity index (χ1v) is 6.63. The Morgan fingerprint density at radius 1 is 1.24 bits per heavy atom.